The molecule has 0 spiro atoms. The third-order valence-corrected chi connectivity index (χ3v) is 4.98. The summed E-state index contributed by atoms with van der Waals surface area (Å²) in [7, 11) is 1.54. The number of nitrogens with zero attached hydrogens (tertiary/aromatic N) is 3. The molecule has 2 aromatic carbocycles. The highest BCUT2D eigenvalue weighted by molar-refractivity contribution is 5.94. The Bertz CT molecular complexity index is 1260. The Morgan fingerprint density at radius 2 is 1.84 bits per heavy atom. The highest BCUT2D eigenvalue weighted by Gasteiger charge is 2.12. The molecule has 32 heavy (non-hydrogen) atoms. The molecule has 4 rings (SSSR count). The number of ether oxygens (including phenoxy) is 2. The first-order valence-corrected chi connectivity index (χ1v) is 10.3. The number of aromatic nitrogens is 3. The van der Waals surface area contributed by atoms with E-state index in [0.717, 1.165) is 5.56 Å². The summed E-state index contributed by atoms with van der Waals surface area (Å²) in [4.78, 5) is 24.8. The number of amides is 1. The number of benzene rings is 2. The topological polar surface area (TPSA) is 86.9 Å². The smallest absolute Gasteiger partial charge is 0.350 e. The van der Waals surface area contributed by atoms with E-state index in [1.54, 1.807) is 43.6 Å². The number of methoxy groups -OCH3 is 1. The summed E-state index contributed by atoms with van der Waals surface area (Å²) in [5.41, 5.74) is 1.92. The lowest BCUT2D eigenvalue weighted by atomic mass is 10.2. The minimum atomic E-state index is -0.222. The number of hydrogen-bond acceptors (Lipinski definition) is 5. The van der Waals surface area contributed by atoms with Gasteiger partial charge in [-0.05, 0) is 42.3 Å². The molecule has 0 radical (unpaired) electrons. The number of rotatable bonds is 9. The fraction of sp³-hybridized carbons (Fsp3) is 0.208. The van der Waals surface area contributed by atoms with Gasteiger partial charge in [-0.3, -0.25) is 9.20 Å². The predicted molar refractivity (Wildman–Crippen MR) is 120 cm³/mol. The van der Waals surface area contributed by atoms with Crippen LogP contribution in [0.5, 0.6) is 11.5 Å². The molecule has 2 aromatic heterocycles. The van der Waals surface area contributed by atoms with E-state index >= 15 is 0 Å². The Morgan fingerprint density at radius 1 is 1.03 bits per heavy atom. The summed E-state index contributed by atoms with van der Waals surface area (Å²) in [6, 6.07) is 20.3. The van der Waals surface area contributed by atoms with Gasteiger partial charge in [0.25, 0.3) is 5.91 Å². The molecule has 0 saturated heterocycles. The van der Waals surface area contributed by atoms with Gasteiger partial charge >= 0.3 is 5.69 Å². The van der Waals surface area contributed by atoms with E-state index in [-0.39, 0.29) is 11.6 Å². The average molecular weight is 432 g/mol. The number of carbonyl (C=O) groups excluding carboxylic acids is 1. The van der Waals surface area contributed by atoms with Crippen LogP contribution in [-0.4, -0.2) is 33.7 Å². The van der Waals surface area contributed by atoms with Gasteiger partial charge in [-0.25, -0.2) is 9.48 Å². The van der Waals surface area contributed by atoms with Crippen LogP contribution in [-0.2, 0) is 13.2 Å². The molecule has 0 bridgehead atoms. The van der Waals surface area contributed by atoms with Gasteiger partial charge in [0, 0.05) is 24.8 Å². The second kappa shape index (κ2) is 9.82. The third-order valence-electron chi connectivity index (χ3n) is 4.98. The zero-order valence-electron chi connectivity index (χ0n) is 17.7. The SMILES string of the molecule is COc1cc(C(=O)NCCCn2nc3ccccn3c2=O)ccc1OCc1ccccc1. The molecule has 0 aliphatic rings. The molecule has 0 saturated carbocycles. The molecule has 8 heteroatoms. The lowest BCUT2D eigenvalue weighted by Crippen LogP contribution is -2.27. The first kappa shape index (κ1) is 21.2. The maximum atomic E-state index is 12.5. The lowest BCUT2D eigenvalue weighted by molar-refractivity contribution is 0.0952. The van der Waals surface area contributed by atoms with Crippen molar-refractivity contribution < 1.29 is 14.3 Å². The normalized spacial score (nSPS) is 10.8. The maximum Gasteiger partial charge on any atom is 0.350 e. The zero-order chi connectivity index (χ0) is 22.3. The molecule has 1 N–H and O–H groups in total. The van der Waals surface area contributed by atoms with Crippen molar-refractivity contribution in [1.29, 1.82) is 0 Å². The Hall–Kier alpha value is -4.07. The summed E-state index contributed by atoms with van der Waals surface area (Å²) < 4.78 is 14.1. The van der Waals surface area contributed by atoms with E-state index in [0.29, 0.717) is 48.8 Å². The van der Waals surface area contributed by atoms with Crippen LogP contribution in [0.15, 0.2) is 77.7 Å². The molecule has 0 aliphatic heterocycles. The maximum absolute atomic E-state index is 12.5. The summed E-state index contributed by atoms with van der Waals surface area (Å²) in [5.74, 6) is 0.837. The van der Waals surface area contributed by atoms with Crippen molar-refractivity contribution in [2.45, 2.75) is 19.6 Å². The first-order valence-electron chi connectivity index (χ1n) is 10.3. The molecule has 0 aliphatic carbocycles. The number of aryl methyl sites for hydroxylation is 1. The van der Waals surface area contributed by atoms with Crippen LogP contribution in [0.25, 0.3) is 5.65 Å². The van der Waals surface area contributed by atoms with Gasteiger partial charge in [-0.2, -0.15) is 0 Å². The number of fused-ring (bicyclic) bond motifs is 1. The monoisotopic (exact) mass is 432 g/mol. The molecule has 1 amide bonds. The molecule has 164 valence electrons. The van der Waals surface area contributed by atoms with E-state index in [2.05, 4.69) is 10.4 Å². The van der Waals surface area contributed by atoms with Gasteiger partial charge < -0.3 is 14.8 Å². The van der Waals surface area contributed by atoms with Crippen LogP contribution in [0.2, 0.25) is 0 Å². The van der Waals surface area contributed by atoms with Crippen molar-refractivity contribution in [2.75, 3.05) is 13.7 Å². The molecule has 0 fully saturated rings. The van der Waals surface area contributed by atoms with Gasteiger partial charge in [0.05, 0.1) is 7.11 Å². The van der Waals surface area contributed by atoms with E-state index < -0.39 is 0 Å². The molecule has 2 heterocycles. The molecular weight excluding hydrogens is 408 g/mol. The summed E-state index contributed by atoms with van der Waals surface area (Å²) in [6.45, 7) is 1.23. The quantitative estimate of drug-likeness (QED) is 0.411. The summed E-state index contributed by atoms with van der Waals surface area (Å²) in [6.07, 6.45) is 2.26. The Kier molecular flexibility index (Phi) is 6.50. The largest absolute Gasteiger partial charge is 0.493 e. The molecule has 4 aromatic rings. The highest BCUT2D eigenvalue weighted by atomic mass is 16.5. The van der Waals surface area contributed by atoms with Crippen molar-refractivity contribution in [1.82, 2.24) is 19.5 Å². The lowest BCUT2D eigenvalue weighted by Gasteiger charge is -2.12. The Labute approximate surface area is 185 Å². The molecular formula is C24H24N4O4. The molecule has 8 nitrogen and oxygen atoms in total. The van der Waals surface area contributed by atoms with Gasteiger partial charge in [0.1, 0.15) is 6.61 Å². The molecule has 0 atom stereocenters. The number of pyridine rings is 1. The molecule has 0 unspecified atom stereocenters. The van der Waals surface area contributed by atoms with E-state index in [9.17, 15) is 9.59 Å². The van der Waals surface area contributed by atoms with Crippen molar-refractivity contribution in [3.63, 3.8) is 0 Å². The van der Waals surface area contributed by atoms with Gasteiger partial charge in [0.15, 0.2) is 17.1 Å². The Balaban J connectivity index is 1.31. The predicted octanol–water partition coefficient (Wildman–Crippen LogP) is 2.90. The van der Waals surface area contributed by atoms with Crippen molar-refractivity contribution >= 4 is 11.6 Å². The number of carbonyl (C=O) groups is 1. The van der Waals surface area contributed by atoms with Crippen molar-refractivity contribution in [2.24, 2.45) is 0 Å². The second-order valence-corrected chi connectivity index (χ2v) is 7.18. The van der Waals surface area contributed by atoms with Crippen molar-refractivity contribution in [3.05, 3.63) is 94.5 Å². The van der Waals surface area contributed by atoms with Gasteiger partial charge in [-0.15, -0.1) is 5.10 Å². The average Bonchev–Trinajstić information content (AvgIpc) is 3.16. The van der Waals surface area contributed by atoms with Gasteiger partial charge in [0.2, 0.25) is 0 Å². The van der Waals surface area contributed by atoms with E-state index in [4.69, 9.17) is 9.47 Å². The van der Waals surface area contributed by atoms with Gasteiger partial charge in [-0.1, -0.05) is 36.4 Å². The fourth-order valence-electron chi connectivity index (χ4n) is 3.31. The Morgan fingerprint density at radius 3 is 2.62 bits per heavy atom. The van der Waals surface area contributed by atoms with Crippen LogP contribution < -0.4 is 20.5 Å². The number of hydrogen-bond donors (Lipinski definition) is 1. The van der Waals surface area contributed by atoms with Crippen LogP contribution in [0, 0.1) is 0 Å². The van der Waals surface area contributed by atoms with Crippen molar-refractivity contribution in [3.8, 4) is 11.5 Å². The minimum Gasteiger partial charge on any atom is -0.493 e. The fourth-order valence-corrected chi connectivity index (χ4v) is 3.31. The zero-order valence-corrected chi connectivity index (χ0v) is 17.7. The minimum absolute atomic E-state index is 0.192. The standard InChI is InChI=1S/C24H24N4O4/c1-31-21-16-19(11-12-20(21)32-17-18-8-3-2-4-9-18)23(29)25-13-7-15-28-24(30)27-14-6-5-10-22(27)26-28/h2-6,8-12,14,16H,7,13,15,17H2,1H3,(H,25,29). The summed E-state index contributed by atoms with van der Waals surface area (Å²) >= 11 is 0. The summed E-state index contributed by atoms with van der Waals surface area (Å²) in [5, 5.41) is 7.15. The first-order chi connectivity index (χ1) is 15.7. The van der Waals surface area contributed by atoms with Crippen LogP contribution >= 0.6 is 0 Å². The second-order valence-electron chi connectivity index (χ2n) is 7.18. The van der Waals surface area contributed by atoms with E-state index in [1.807, 2.05) is 36.4 Å². The third kappa shape index (κ3) is 4.80. The van der Waals surface area contributed by atoms with Crippen LogP contribution in [0.1, 0.15) is 22.3 Å². The van der Waals surface area contributed by atoms with Crippen LogP contribution in [0.3, 0.4) is 0 Å². The number of nitrogens with one attached hydrogen (secondary N) is 1. The highest BCUT2D eigenvalue weighted by Crippen LogP contribution is 2.28. The van der Waals surface area contributed by atoms with E-state index in [1.165, 1.54) is 9.08 Å². The van der Waals surface area contributed by atoms with Crippen LogP contribution in [0.4, 0.5) is 0 Å².